The summed E-state index contributed by atoms with van der Waals surface area (Å²) < 4.78 is 4.66. The van der Waals surface area contributed by atoms with Gasteiger partial charge in [0.1, 0.15) is 0 Å². The normalized spacial score (nSPS) is 12.2. The molecule has 0 saturated carbocycles. The van der Waals surface area contributed by atoms with Crippen LogP contribution >= 0.6 is 0 Å². The smallest absolute Gasteiger partial charge is 0.0540 e. The fourth-order valence-electron chi connectivity index (χ4n) is 10.7. The lowest BCUT2D eigenvalue weighted by atomic mass is 9.82. The highest BCUT2D eigenvalue weighted by Gasteiger charge is 2.34. The average molecular weight is 989 g/mol. The van der Waals surface area contributed by atoms with Gasteiger partial charge in [0.15, 0.2) is 0 Å². The van der Waals surface area contributed by atoms with Crippen LogP contribution in [0.1, 0.15) is 76.0 Å². The van der Waals surface area contributed by atoms with E-state index in [1.54, 1.807) is 0 Å². The molecule has 0 radical (unpaired) electrons. The predicted molar refractivity (Wildman–Crippen MR) is 330 cm³/mol. The molecule has 0 bridgehead atoms. The van der Waals surface area contributed by atoms with E-state index < -0.39 is 0 Å². The number of para-hydroxylation sites is 2. The Kier molecular flexibility index (Phi) is 16.4. The highest BCUT2D eigenvalue weighted by molar-refractivity contribution is 6.08. The van der Waals surface area contributed by atoms with Gasteiger partial charge in [-0.3, -0.25) is 0 Å². The fraction of sp³-hybridized carbons (Fsp3) is 0.162. The summed E-state index contributed by atoms with van der Waals surface area (Å²) in [6, 6.07) is 83.7. The summed E-state index contributed by atoms with van der Waals surface area (Å²) in [5.74, 6) is 0. The van der Waals surface area contributed by atoms with Crippen molar-refractivity contribution in [3.8, 4) is 16.8 Å². The molecule has 0 unspecified atom stereocenters. The first kappa shape index (κ1) is 52.4. The van der Waals surface area contributed by atoms with Crippen LogP contribution in [0.2, 0.25) is 0 Å². The molecule has 14 rings (SSSR count). The zero-order valence-electron chi connectivity index (χ0n) is 46.0. The van der Waals surface area contributed by atoms with Gasteiger partial charge in [-0.2, -0.15) is 0 Å². The number of nitrogens with zero attached hydrogens (tertiary/aromatic N) is 2. The molecule has 2 aliphatic rings. The maximum Gasteiger partial charge on any atom is 0.0540 e. The molecule has 378 valence electrons. The van der Waals surface area contributed by atoms with Crippen molar-refractivity contribution in [1.82, 2.24) is 9.13 Å². The van der Waals surface area contributed by atoms with Gasteiger partial charge in [-0.15, -0.1) is 0 Å². The molecule has 2 nitrogen and oxygen atoms in total. The summed E-state index contributed by atoms with van der Waals surface area (Å²) >= 11 is 0. The van der Waals surface area contributed by atoms with Gasteiger partial charge in [0.2, 0.25) is 0 Å². The van der Waals surface area contributed by atoms with E-state index in [1.807, 2.05) is 36.4 Å². The van der Waals surface area contributed by atoms with Crippen molar-refractivity contribution in [2.45, 2.75) is 73.6 Å². The number of aromatic nitrogens is 2. The van der Waals surface area contributed by atoms with E-state index in [2.05, 4.69) is 284 Å². The molecule has 12 aromatic rings. The molecule has 0 saturated heterocycles. The highest BCUT2D eigenvalue weighted by atomic mass is 15.0. The number of allylic oxidation sites excluding steroid dienone is 1. The van der Waals surface area contributed by atoms with E-state index in [0.29, 0.717) is 0 Å². The van der Waals surface area contributed by atoms with Gasteiger partial charge in [-0.05, 0) is 141 Å². The number of fused-ring (bicyclic) bond motifs is 10. The largest absolute Gasteiger partial charge is 0.344 e. The Labute approximate surface area is 452 Å². The highest BCUT2D eigenvalue weighted by Crippen LogP contribution is 2.48. The SMILES string of the molecule is CC1(C)c2ccccc2-c2ccccc21.Cc1ccc2c3c(n(-c4ccccc4)c2c1)C=CCC3.Cc1ccc2c3ccccc3n(C)c2c1.Cc1ccc2cc(C)ccc2c1.Cc1ccccc1.Cc1ccccc1. The van der Waals surface area contributed by atoms with Crippen LogP contribution in [-0.4, -0.2) is 9.13 Å². The average Bonchev–Trinajstić information content (AvgIpc) is 4.03. The second-order valence-electron chi connectivity index (χ2n) is 21.0. The third-order valence-electron chi connectivity index (χ3n) is 14.7. The van der Waals surface area contributed by atoms with Crippen molar-refractivity contribution < 1.29 is 0 Å². The quantitative estimate of drug-likeness (QED) is 0.155. The Balaban J connectivity index is 0.000000115. The summed E-state index contributed by atoms with van der Waals surface area (Å²) in [7, 11) is 2.13. The molecule has 76 heavy (non-hydrogen) atoms. The molecule has 0 fully saturated rings. The zero-order valence-corrected chi connectivity index (χ0v) is 46.0. The molecule has 2 aromatic heterocycles. The maximum absolute atomic E-state index is 2.40. The molecule has 10 aromatic carbocycles. The minimum atomic E-state index is 0.160. The second-order valence-corrected chi connectivity index (χ2v) is 21.0. The Morgan fingerprint density at radius 1 is 0.368 bits per heavy atom. The number of hydrogen-bond donors (Lipinski definition) is 0. The zero-order chi connectivity index (χ0) is 53.2. The molecule has 0 atom stereocenters. The van der Waals surface area contributed by atoms with Gasteiger partial charge >= 0.3 is 0 Å². The van der Waals surface area contributed by atoms with Crippen molar-refractivity contribution in [2.24, 2.45) is 7.05 Å². The molecular weight excluding hydrogens is 917 g/mol. The van der Waals surface area contributed by atoms with Gasteiger partial charge in [0.05, 0.1) is 5.52 Å². The lowest BCUT2D eigenvalue weighted by molar-refractivity contribution is 0.660. The Morgan fingerprint density at radius 3 is 1.34 bits per heavy atom. The summed E-state index contributed by atoms with van der Waals surface area (Å²) in [5.41, 5.74) is 21.8. The van der Waals surface area contributed by atoms with Crippen LogP contribution in [0.4, 0.5) is 0 Å². The number of benzene rings is 10. The van der Waals surface area contributed by atoms with Gasteiger partial charge < -0.3 is 9.13 Å². The molecule has 2 heterocycles. The van der Waals surface area contributed by atoms with Crippen LogP contribution in [0.15, 0.2) is 243 Å². The van der Waals surface area contributed by atoms with Crippen molar-refractivity contribution in [2.75, 3.05) is 0 Å². The van der Waals surface area contributed by atoms with Crippen LogP contribution in [0, 0.1) is 41.5 Å². The Hall–Kier alpha value is -8.46. The number of rotatable bonds is 1. The number of aryl methyl sites for hydroxylation is 8. The molecule has 0 amide bonds. The first-order valence-corrected chi connectivity index (χ1v) is 26.9. The summed E-state index contributed by atoms with van der Waals surface area (Å²) in [4.78, 5) is 0. The fourth-order valence-corrected chi connectivity index (χ4v) is 10.7. The van der Waals surface area contributed by atoms with Crippen molar-refractivity contribution >= 4 is 49.6 Å². The van der Waals surface area contributed by atoms with Gasteiger partial charge in [0.25, 0.3) is 0 Å². The minimum Gasteiger partial charge on any atom is -0.344 e. The van der Waals surface area contributed by atoms with Crippen LogP contribution in [0.5, 0.6) is 0 Å². The maximum atomic E-state index is 2.40. The standard InChI is InChI=1S/C19H17N.C15H14.C14H13N.C12H12.2C7H8/c1-14-11-12-17-16-9-5-6-10-18(16)20(19(17)13-14)15-7-3-2-4-8-15;1-15(2)13-9-5-3-7-11(13)12-8-4-6-10-14(12)15;1-10-7-8-12-11-5-3-4-6-13(11)15(2)14(12)9-10;1-9-3-5-12-8-10(2)4-6-11(12)7-9;2*1-7-5-3-2-4-6-7/h2-4,6-8,10-13H,5,9H2,1H3;3-10H,1-2H3;3-9H,1-2H3;3-8H,1-2H3;2*2-6H,1H3. The first-order valence-electron chi connectivity index (χ1n) is 26.9. The topological polar surface area (TPSA) is 9.86 Å². The minimum absolute atomic E-state index is 0.160. The van der Waals surface area contributed by atoms with E-state index in [0.717, 1.165) is 12.8 Å². The van der Waals surface area contributed by atoms with E-state index in [9.17, 15) is 0 Å². The predicted octanol–water partition coefficient (Wildman–Crippen LogP) is 20.0. The second kappa shape index (κ2) is 23.8. The Bertz CT molecular complexity index is 3780. The van der Waals surface area contributed by atoms with Crippen LogP contribution in [0.25, 0.3) is 66.4 Å². The van der Waals surface area contributed by atoms with Crippen molar-refractivity contribution in [1.29, 1.82) is 0 Å². The molecule has 2 heteroatoms. The summed E-state index contributed by atoms with van der Waals surface area (Å²) in [5, 5.41) is 6.76. The van der Waals surface area contributed by atoms with Crippen molar-refractivity contribution in [3.05, 3.63) is 298 Å². The lowest BCUT2D eigenvalue weighted by Gasteiger charge is -2.20. The summed E-state index contributed by atoms with van der Waals surface area (Å²) in [6.07, 6.45) is 6.86. The van der Waals surface area contributed by atoms with E-state index in [4.69, 9.17) is 0 Å². The van der Waals surface area contributed by atoms with Crippen LogP contribution in [-0.2, 0) is 18.9 Å². The van der Waals surface area contributed by atoms with E-state index in [1.165, 1.54) is 116 Å². The van der Waals surface area contributed by atoms with E-state index >= 15 is 0 Å². The van der Waals surface area contributed by atoms with Crippen LogP contribution in [0.3, 0.4) is 0 Å². The van der Waals surface area contributed by atoms with E-state index in [-0.39, 0.29) is 5.41 Å². The monoisotopic (exact) mass is 989 g/mol. The molecule has 2 aliphatic carbocycles. The third-order valence-corrected chi connectivity index (χ3v) is 14.7. The molecular formula is C74H72N2. The molecule has 0 spiro atoms. The van der Waals surface area contributed by atoms with Gasteiger partial charge in [-0.25, -0.2) is 0 Å². The summed E-state index contributed by atoms with van der Waals surface area (Å²) in [6.45, 7) is 17.3. The number of hydrogen-bond acceptors (Lipinski definition) is 0. The van der Waals surface area contributed by atoms with Gasteiger partial charge in [0, 0.05) is 51.0 Å². The van der Waals surface area contributed by atoms with Gasteiger partial charge in [-0.1, -0.05) is 248 Å². The third kappa shape index (κ3) is 11.9. The van der Waals surface area contributed by atoms with Crippen molar-refractivity contribution in [3.63, 3.8) is 0 Å². The first-order chi connectivity index (χ1) is 36.9. The van der Waals surface area contributed by atoms with Crippen LogP contribution < -0.4 is 0 Å². The molecule has 0 N–H and O–H groups in total. The molecule has 0 aliphatic heterocycles. The lowest BCUT2D eigenvalue weighted by Crippen LogP contribution is -2.14. The Morgan fingerprint density at radius 2 is 0.803 bits per heavy atom.